The van der Waals surface area contributed by atoms with Crippen molar-refractivity contribution >= 4 is 22.4 Å². The van der Waals surface area contributed by atoms with Crippen LogP contribution in [0.1, 0.15) is 43.6 Å². The van der Waals surface area contributed by atoms with Gasteiger partial charge in [-0.2, -0.15) is 13.2 Å². The van der Waals surface area contributed by atoms with Crippen LogP contribution in [0.4, 0.5) is 27.6 Å². The number of hydrogen-bond acceptors (Lipinski definition) is 6. The summed E-state index contributed by atoms with van der Waals surface area (Å²) in [5, 5.41) is 9.83. The standard InChI is InChI=1S/C34H31F5N4O4/c1-6-24(45)41-14-19-15-47-32-28(36)27(25-17(4)10-11-40-29(25)16(2)3)26-20(30(32)42(19)13-18(41)5)12-23(34(37,38)39)43(33(26)46)31-21(35)8-7-9-22(31)44/h6-12,16,18-19,44H,1,13-15H2,2-5H3. The predicted octanol–water partition coefficient (Wildman–Crippen LogP) is 6.47. The van der Waals surface area contributed by atoms with Gasteiger partial charge in [-0.05, 0) is 55.7 Å². The number of rotatable bonds is 4. The minimum atomic E-state index is -5.23. The number of ether oxygens (including phenoxy) is 1. The molecule has 8 nitrogen and oxygen atoms in total. The van der Waals surface area contributed by atoms with Crippen LogP contribution < -0.4 is 15.2 Å². The van der Waals surface area contributed by atoms with Crippen molar-refractivity contribution in [2.75, 3.05) is 24.6 Å². The Morgan fingerprint density at radius 3 is 2.51 bits per heavy atom. The summed E-state index contributed by atoms with van der Waals surface area (Å²) in [5.74, 6) is -4.22. The second-order valence-corrected chi connectivity index (χ2v) is 12.1. The van der Waals surface area contributed by atoms with Crippen LogP contribution in [0.25, 0.3) is 27.6 Å². The van der Waals surface area contributed by atoms with Gasteiger partial charge in [0.05, 0.1) is 22.8 Å². The number of fused-ring (bicyclic) bond motifs is 5. The molecule has 1 N–H and O–H groups in total. The van der Waals surface area contributed by atoms with E-state index < -0.39 is 58.0 Å². The van der Waals surface area contributed by atoms with E-state index in [2.05, 4.69) is 11.6 Å². The smallest absolute Gasteiger partial charge is 0.431 e. The van der Waals surface area contributed by atoms with Crippen molar-refractivity contribution < 1.29 is 36.6 Å². The fourth-order valence-electron chi connectivity index (χ4n) is 6.70. The first-order valence-corrected chi connectivity index (χ1v) is 15.0. The molecule has 0 aliphatic carbocycles. The van der Waals surface area contributed by atoms with Gasteiger partial charge in [0.25, 0.3) is 5.56 Å². The van der Waals surface area contributed by atoms with Crippen LogP contribution in [0.3, 0.4) is 0 Å². The van der Waals surface area contributed by atoms with Gasteiger partial charge in [-0.25, -0.2) is 8.78 Å². The zero-order chi connectivity index (χ0) is 34.1. The molecule has 1 fully saturated rings. The molecule has 0 saturated carbocycles. The number of piperazine rings is 1. The van der Waals surface area contributed by atoms with Gasteiger partial charge in [0, 0.05) is 41.8 Å². The average molecular weight is 655 g/mol. The second kappa shape index (κ2) is 11.4. The molecule has 2 unspecified atom stereocenters. The van der Waals surface area contributed by atoms with Crippen LogP contribution >= 0.6 is 0 Å². The lowest BCUT2D eigenvalue weighted by molar-refractivity contribution is -0.142. The number of carbonyl (C=O) groups is 1. The molecule has 13 heteroatoms. The summed E-state index contributed by atoms with van der Waals surface area (Å²) in [6, 6.07) is 4.04. The van der Waals surface area contributed by atoms with Crippen molar-refractivity contribution in [3.05, 3.63) is 88.1 Å². The molecular formula is C34H31F5N4O4. The van der Waals surface area contributed by atoms with Gasteiger partial charge in [-0.1, -0.05) is 26.5 Å². The normalized spacial score (nSPS) is 17.8. The number of alkyl halides is 3. The molecule has 0 bridgehead atoms. The molecule has 1 saturated heterocycles. The van der Waals surface area contributed by atoms with E-state index in [-0.39, 0.29) is 64.0 Å². The first-order chi connectivity index (χ1) is 22.2. The summed E-state index contributed by atoms with van der Waals surface area (Å²) < 4.78 is 83.1. The predicted molar refractivity (Wildman–Crippen MR) is 166 cm³/mol. The van der Waals surface area contributed by atoms with Crippen LogP contribution in [-0.2, 0) is 11.0 Å². The minimum Gasteiger partial charge on any atom is -0.506 e. The molecular weight excluding hydrogens is 623 g/mol. The van der Waals surface area contributed by atoms with Crippen molar-refractivity contribution in [3.63, 3.8) is 0 Å². The topological polar surface area (TPSA) is 87.9 Å². The number of carbonyl (C=O) groups excluding carboxylic acids is 1. The Labute approximate surface area is 266 Å². The lowest BCUT2D eigenvalue weighted by Crippen LogP contribution is -2.62. The van der Waals surface area contributed by atoms with Gasteiger partial charge < -0.3 is 19.6 Å². The highest BCUT2D eigenvalue weighted by molar-refractivity contribution is 6.08. The highest BCUT2D eigenvalue weighted by atomic mass is 19.4. The van der Waals surface area contributed by atoms with E-state index >= 15 is 8.78 Å². The Balaban J connectivity index is 1.81. The minimum absolute atomic E-state index is 0.0492. The van der Waals surface area contributed by atoms with E-state index in [4.69, 9.17) is 4.74 Å². The van der Waals surface area contributed by atoms with E-state index in [9.17, 15) is 27.9 Å². The van der Waals surface area contributed by atoms with Gasteiger partial charge >= 0.3 is 6.18 Å². The summed E-state index contributed by atoms with van der Waals surface area (Å²) in [5.41, 5.74) is -3.39. The van der Waals surface area contributed by atoms with E-state index in [0.717, 1.165) is 24.3 Å². The number of aromatic nitrogens is 2. The number of amides is 1. The van der Waals surface area contributed by atoms with E-state index in [1.807, 2.05) is 0 Å². The third-order valence-electron chi connectivity index (χ3n) is 8.82. The molecule has 2 aliphatic heterocycles. The number of halogens is 5. The fourth-order valence-corrected chi connectivity index (χ4v) is 6.70. The molecule has 4 heterocycles. The molecule has 2 aliphatic rings. The number of aryl methyl sites for hydroxylation is 1. The van der Waals surface area contributed by atoms with E-state index in [1.54, 1.807) is 43.6 Å². The van der Waals surface area contributed by atoms with Crippen LogP contribution in [0.2, 0.25) is 0 Å². The van der Waals surface area contributed by atoms with Gasteiger partial charge in [-0.15, -0.1) is 0 Å². The maximum absolute atomic E-state index is 17.2. The third-order valence-corrected chi connectivity index (χ3v) is 8.82. The quantitative estimate of drug-likeness (QED) is 0.201. The third kappa shape index (κ3) is 4.99. The Hall–Kier alpha value is -4.94. The highest BCUT2D eigenvalue weighted by Gasteiger charge is 2.44. The number of anilines is 1. The monoisotopic (exact) mass is 654 g/mol. The Morgan fingerprint density at radius 2 is 1.87 bits per heavy atom. The molecule has 2 atom stereocenters. The van der Waals surface area contributed by atoms with Gasteiger partial charge in [0.15, 0.2) is 17.4 Å². The molecule has 6 rings (SSSR count). The first kappa shape index (κ1) is 32.0. The number of benzene rings is 2. The van der Waals surface area contributed by atoms with Crippen molar-refractivity contribution in [3.8, 4) is 28.3 Å². The summed E-state index contributed by atoms with van der Waals surface area (Å²) in [6.07, 6.45) is -2.56. The van der Waals surface area contributed by atoms with Crippen molar-refractivity contribution in [2.45, 2.75) is 51.9 Å². The first-order valence-electron chi connectivity index (χ1n) is 15.0. The van der Waals surface area contributed by atoms with Crippen molar-refractivity contribution in [1.82, 2.24) is 14.5 Å². The SMILES string of the molecule is C=CC(=O)N1CC2COc3c(F)c(-c4c(C)ccnc4C(C)C)c4c(=O)n(-c5c(O)cccc5F)c(C(F)(F)F)cc4c3N2CC1C. The molecule has 0 spiro atoms. The molecule has 2 aromatic carbocycles. The number of para-hydroxylation sites is 1. The molecule has 4 aromatic rings. The Kier molecular flexibility index (Phi) is 7.76. The molecule has 1 amide bonds. The lowest BCUT2D eigenvalue weighted by Gasteiger charge is -2.49. The maximum Gasteiger partial charge on any atom is 0.431 e. The van der Waals surface area contributed by atoms with E-state index in [0.29, 0.717) is 17.3 Å². The van der Waals surface area contributed by atoms with Gasteiger partial charge in [0.1, 0.15) is 23.7 Å². The maximum atomic E-state index is 17.2. The number of hydrogen-bond donors (Lipinski definition) is 1. The average Bonchev–Trinajstić information content (AvgIpc) is 3.00. The largest absolute Gasteiger partial charge is 0.506 e. The van der Waals surface area contributed by atoms with E-state index in [1.165, 1.54) is 6.20 Å². The number of aromatic hydroxyl groups is 1. The summed E-state index contributed by atoms with van der Waals surface area (Å²) in [6.45, 7) is 10.6. The fraction of sp³-hybridized carbons (Fsp3) is 0.324. The number of nitrogens with zero attached hydrogens (tertiary/aromatic N) is 4. The Morgan fingerprint density at radius 1 is 1.15 bits per heavy atom. The zero-order valence-electron chi connectivity index (χ0n) is 26.0. The van der Waals surface area contributed by atoms with Crippen molar-refractivity contribution in [1.29, 1.82) is 0 Å². The Bertz CT molecular complexity index is 2000. The molecule has 2 aromatic heterocycles. The van der Waals surface area contributed by atoms with Gasteiger partial charge in [0.2, 0.25) is 5.91 Å². The van der Waals surface area contributed by atoms with Crippen molar-refractivity contribution in [2.24, 2.45) is 0 Å². The zero-order valence-corrected chi connectivity index (χ0v) is 26.0. The van der Waals surface area contributed by atoms with Crippen LogP contribution in [0.5, 0.6) is 11.5 Å². The molecule has 0 radical (unpaired) electrons. The summed E-state index contributed by atoms with van der Waals surface area (Å²) in [7, 11) is 0. The lowest BCUT2D eigenvalue weighted by atomic mass is 9.88. The highest BCUT2D eigenvalue weighted by Crippen LogP contribution is 2.50. The van der Waals surface area contributed by atoms with Crippen LogP contribution in [0.15, 0.2) is 54.0 Å². The van der Waals surface area contributed by atoms with Crippen LogP contribution in [-0.4, -0.2) is 57.2 Å². The molecule has 246 valence electrons. The summed E-state index contributed by atoms with van der Waals surface area (Å²) in [4.78, 5) is 34.8. The number of phenols is 1. The number of phenolic OH excluding ortho intramolecular Hbond substituents is 1. The summed E-state index contributed by atoms with van der Waals surface area (Å²) >= 11 is 0. The van der Waals surface area contributed by atoms with Crippen LogP contribution in [0, 0.1) is 18.6 Å². The molecule has 47 heavy (non-hydrogen) atoms. The second-order valence-electron chi connectivity index (χ2n) is 12.1. The number of pyridine rings is 2. The van der Waals surface area contributed by atoms with Gasteiger partial charge in [-0.3, -0.25) is 19.1 Å².